The van der Waals surface area contributed by atoms with Gasteiger partial charge in [0.25, 0.3) is 5.91 Å². The average Bonchev–Trinajstić information content (AvgIpc) is 2.83. The fraction of sp³-hybridized carbons (Fsp3) is 0.286. The number of esters is 1. The van der Waals surface area contributed by atoms with E-state index in [0.717, 1.165) is 5.56 Å². The topological polar surface area (TPSA) is 68.2 Å². The number of benzene rings is 1. The van der Waals surface area contributed by atoms with E-state index in [1.165, 1.54) is 16.8 Å². The van der Waals surface area contributed by atoms with Crippen molar-refractivity contribution in [1.29, 1.82) is 0 Å². The van der Waals surface area contributed by atoms with Crippen LogP contribution in [0.2, 0.25) is 0 Å². The van der Waals surface area contributed by atoms with Crippen LogP contribution in [0.5, 0.6) is 5.75 Å². The fourth-order valence-electron chi connectivity index (χ4n) is 1.58. The van der Waals surface area contributed by atoms with Crippen LogP contribution >= 0.6 is 24.0 Å². The smallest absolute Gasteiger partial charge is 0.344 e. The first-order chi connectivity index (χ1) is 10.6. The van der Waals surface area contributed by atoms with Crippen molar-refractivity contribution in [2.24, 2.45) is 5.10 Å². The predicted molar refractivity (Wildman–Crippen MR) is 88.1 cm³/mol. The number of hydrogen-bond acceptors (Lipinski definition) is 7. The summed E-state index contributed by atoms with van der Waals surface area (Å²) in [6.07, 6.45) is 1.55. The zero-order valence-corrected chi connectivity index (χ0v) is 13.5. The third-order valence-corrected chi connectivity index (χ3v) is 3.93. The Kier molecular flexibility index (Phi) is 5.91. The van der Waals surface area contributed by atoms with Crippen LogP contribution < -0.4 is 4.74 Å². The molecule has 0 radical (unpaired) electrons. The maximum Gasteiger partial charge on any atom is 0.344 e. The zero-order chi connectivity index (χ0) is 15.9. The minimum absolute atomic E-state index is 0.124. The van der Waals surface area contributed by atoms with Gasteiger partial charge in [0, 0.05) is 0 Å². The highest BCUT2D eigenvalue weighted by atomic mass is 32.2. The lowest BCUT2D eigenvalue weighted by Crippen LogP contribution is -2.22. The third kappa shape index (κ3) is 4.54. The van der Waals surface area contributed by atoms with Gasteiger partial charge in [-0.05, 0) is 36.8 Å². The van der Waals surface area contributed by atoms with Crippen LogP contribution in [0, 0.1) is 0 Å². The Morgan fingerprint density at radius 3 is 2.77 bits per heavy atom. The molecule has 22 heavy (non-hydrogen) atoms. The number of amides is 1. The lowest BCUT2D eigenvalue weighted by molar-refractivity contribution is -0.145. The minimum atomic E-state index is -0.410. The van der Waals surface area contributed by atoms with E-state index in [1.807, 2.05) is 0 Å². The number of carbonyl (C=O) groups is 2. The summed E-state index contributed by atoms with van der Waals surface area (Å²) in [6, 6.07) is 6.94. The van der Waals surface area contributed by atoms with Gasteiger partial charge in [-0.1, -0.05) is 24.0 Å². The summed E-state index contributed by atoms with van der Waals surface area (Å²) in [7, 11) is 0. The molecule has 1 aliphatic heterocycles. The SMILES string of the molecule is CCOC(=O)COc1ccc(/C=N\N2C(=O)CSC2=S)cc1. The number of thiocarbonyl (C=S) groups is 1. The van der Waals surface area contributed by atoms with Crippen molar-refractivity contribution in [1.82, 2.24) is 5.01 Å². The van der Waals surface area contributed by atoms with Crippen LogP contribution in [0.25, 0.3) is 0 Å². The van der Waals surface area contributed by atoms with Crippen molar-refractivity contribution in [2.45, 2.75) is 6.92 Å². The average molecular weight is 338 g/mol. The van der Waals surface area contributed by atoms with Crippen LogP contribution in [0.15, 0.2) is 29.4 Å². The summed E-state index contributed by atoms with van der Waals surface area (Å²) >= 11 is 6.32. The summed E-state index contributed by atoms with van der Waals surface area (Å²) < 4.78 is 10.5. The number of ether oxygens (including phenoxy) is 2. The molecule has 116 valence electrons. The van der Waals surface area contributed by atoms with Crippen LogP contribution in [0.3, 0.4) is 0 Å². The van der Waals surface area contributed by atoms with Crippen molar-refractivity contribution in [3.63, 3.8) is 0 Å². The number of hydrogen-bond donors (Lipinski definition) is 0. The monoisotopic (exact) mass is 338 g/mol. The van der Waals surface area contributed by atoms with E-state index in [-0.39, 0.29) is 12.5 Å². The van der Waals surface area contributed by atoms with Crippen molar-refractivity contribution < 1.29 is 19.1 Å². The molecule has 0 aromatic heterocycles. The molecule has 0 atom stereocenters. The molecular formula is C14H14N2O4S2. The quantitative estimate of drug-likeness (QED) is 0.448. The van der Waals surface area contributed by atoms with E-state index in [4.69, 9.17) is 21.7 Å². The molecule has 0 N–H and O–H groups in total. The Morgan fingerprint density at radius 2 is 2.18 bits per heavy atom. The number of rotatable bonds is 6. The number of hydrazone groups is 1. The second-order valence-corrected chi connectivity index (χ2v) is 5.78. The highest BCUT2D eigenvalue weighted by Crippen LogP contribution is 2.19. The third-order valence-electron chi connectivity index (χ3n) is 2.59. The molecule has 1 amide bonds. The fourth-order valence-corrected chi connectivity index (χ4v) is 2.54. The summed E-state index contributed by atoms with van der Waals surface area (Å²) in [5.74, 6) is 0.345. The minimum Gasteiger partial charge on any atom is -0.482 e. The standard InChI is InChI=1S/C14H14N2O4S2/c1-2-19-13(18)8-20-11-5-3-10(4-6-11)7-15-16-12(17)9-22-14(16)21/h3-7H,2,8-9H2,1H3/b15-7-. The molecule has 2 rings (SSSR count). The second-order valence-electron chi connectivity index (χ2n) is 4.17. The molecule has 1 fully saturated rings. The van der Waals surface area contributed by atoms with Crippen LogP contribution in [-0.2, 0) is 14.3 Å². The Balaban J connectivity index is 1.90. The molecule has 1 saturated heterocycles. The van der Waals surface area contributed by atoms with Crippen LogP contribution in [0.1, 0.15) is 12.5 Å². The van der Waals surface area contributed by atoms with Crippen molar-refractivity contribution in [3.8, 4) is 5.75 Å². The predicted octanol–water partition coefficient (Wildman–Crippen LogP) is 1.82. The van der Waals surface area contributed by atoms with Gasteiger partial charge in [0.15, 0.2) is 10.9 Å². The van der Waals surface area contributed by atoms with Gasteiger partial charge < -0.3 is 9.47 Å². The van der Waals surface area contributed by atoms with Gasteiger partial charge in [0.2, 0.25) is 0 Å². The molecule has 1 aliphatic rings. The van der Waals surface area contributed by atoms with Gasteiger partial charge in [0.1, 0.15) is 5.75 Å². The maximum atomic E-state index is 11.5. The number of nitrogens with zero attached hydrogens (tertiary/aromatic N) is 2. The largest absolute Gasteiger partial charge is 0.482 e. The Bertz CT molecular complexity index is 585. The van der Waals surface area contributed by atoms with E-state index < -0.39 is 5.97 Å². The summed E-state index contributed by atoms with van der Waals surface area (Å²) in [5, 5.41) is 5.28. The van der Waals surface area contributed by atoms with E-state index in [1.54, 1.807) is 37.4 Å². The molecule has 0 saturated carbocycles. The molecular weight excluding hydrogens is 324 g/mol. The van der Waals surface area contributed by atoms with Gasteiger partial charge in [-0.25, -0.2) is 4.79 Å². The highest BCUT2D eigenvalue weighted by molar-refractivity contribution is 8.23. The van der Waals surface area contributed by atoms with Crippen molar-refractivity contribution >= 4 is 46.4 Å². The van der Waals surface area contributed by atoms with E-state index in [9.17, 15) is 9.59 Å². The molecule has 0 spiro atoms. The molecule has 6 nitrogen and oxygen atoms in total. The maximum absolute atomic E-state index is 11.5. The summed E-state index contributed by atoms with van der Waals surface area (Å²) in [4.78, 5) is 22.7. The van der Waals surface area contributed by atoms with Crippen molar-refractivity contribution in [3.05, 3.63) is 29.8 Å². The second kappa shape index (κ2) is 7.90. The van der Waals surface area contributed by atoms with Gasteiger partial charge in [-0.2, -0.15) is 10.1 Å². The van der Waals surface area contributed by atoms with E-state index in [2.05, 4.69) is 5.10 Å². The molecule has 1 aromatic rings. The van der Waals surface area contributed by atoms with Gasteiger partial charge in [0.05, 0.1) is 18.6 Å². The Hall–Kier alpha value is -1.93. The summed E-state index contributed by atoms with van der Waals surface area (Å²) in [5.41, 5.74) is 0.788. The molecule has 0 bridgehead atoms. The van der Waals surface area contributed by atoms with E-state index >= 15 is 0 Å². The lowest BCUT2D eigenvalue weighted by Gasteiger charge is -2.07. The van der Waals surface area contributed by atoms with Crippen molar-refractivity contribution in [2.75, 3.05) is 19.0 Å². The van der Waals surface area contributed by atoms with Crippen LogP contribution in [0.4, 0.5) is 0 Å². The first kappa shape index (κ1) is 16.4. The Labute approximate surface area is 137 Å². The molecule has 8 heteroatoms. The lowest BCUT2D eigenvalue weighted by atomic mass is 10.2. The number of thioether (sulfide) groups is 1. The van der Waals surface area contributed by atoms with Gasteiger partial charge in [-0.3, -0.25) is 4.79 Å². The van der Waals surface area contributed by atoms with Gasteiger partial charge >= 0.3 is 5.97 Å². The first-order valence-electron chi connectivity index (χ1n) is 6.52. The number of carbonyl (C=O) groups excluding carboxylic acids is 2. The highest BCUT2D eigenvalue weighted by Gasteiger charge is 2.25. The zero-order valence-electron chi connectivity index (χ0n) is 11.9. The summed E-state index contributed by atoms with van der Waals surface area (Å²) in [6.45, 7) is 1.93. The molecule has 0 unspecified atom stereocenters. The molecule has 1 heterocycles. The normalized spacial score (nSPS) is 14.7. The van der Waals surface area contributed by atoms with E-state index in [0.29, 0.717) is 22.4 Å². The van der Waals surface area contributed by atoms with Gasteiger partial charge in [-0.15, -0.1) is 0 Å². The molecule has 0 aliphatic carbocycles. The molecule has 1 aromatic carbocycles. The Morgan fingerprint density at radius 1 is 1.45 bits per heavy atom. The first-order valence-corrected chi connectivity index (χ1v) is 7.91. The van der Waals surface area contributed by atoms with Crippen LogP contribution in [-0.4, -0.2) is 46.4 Å².